The van der Waals surface area contributed by atoms with E-state index in [0.717, 1.165) is 0 Å². The van der Waals surface area contributed by atoms with Gasteiger partial charge in [-0.2, -0.15) is 0 Å². The highest BCUT2D eigenvalue weighted by atomic mass is 16.5. The van der Waals surface area contributed by atoms with E-state index < -0.39 is 0 Å². The van der Waals surface area contributed by atoms with Gasteiger partial charge in [-0.25, -0.2) is 4.98 Å². The van der Waals surface area contributed by atoms with Crippen LogP contribution >= 0.6 is 0 Å². The van der Waals surface area contributed by atoms with Crippen molar-refractivity contribution in [2.45, 2.75) is 33.2 Å². The predicted octanol–water partition coefficient (Wildman–Crippen LogP) is 3.53. The first-order valence-corrected chi connectivity index (χ1v) is 10.2. The number of rotatable bonds is 10. The van der Waals surface area contributed by atoms with Crippen molar-refractivity contribution < 1.29 is 14.3 Å². The zero-order chi connectivity index (χ0) is 21.3. The molecule has 0 aliphatic rings. The fourth-order valence-electron chi connectivity index (χ4n) is 3.17. The third-order valence-corrected chi connectivity index (χ3v) is 4.68. The summed E-state index contributed by atoms with van der Waals surface area (Å²) in [7, 11) is 0. The Hall–Kier alpha value is -3.35. The molecular formula is C23H27N3O4. The Kier molecular flexibility index (Phi) is 7.43. The van der Waals surface area contributed by atoms with Gasteiger partial charge in [-0.15, -0.1) is 0 Å². The maximum atomic E-state index is 12.6. The minimum absolute atomic E-state index is 0.00463. The van der Waals surface area contributed by atoms with Crippen molar-refractivity contribution in [3.63, 3.8) is 0 Å². The number of amides is 1. The van der Waals surface area contributed by atoms with Gasteiger partial charge in [-0.05, 0) is 44.5 Å². The van der Waals surface area contributed by atoms with Crippen LogP contribution in [0.25, 0.3) is 10.9 Å². The lowest BCUT2D eigenvalue weighted by Crippen LogP contribution is -2.32. The standard InChI is InChI=1S/C23H27N3O4/c1-3-26(16-21-24-18-11-6-5-10-17(18)23(28)25-21)22(27)14-9-15-30-20-13-8-7-12-19(20)29-4-2/h5-8,10-13H,3-4,9,14-16H2,1-2H3,(H,24,25,28). The van der Waals surface area contributed by atoms with Gasteiger partial charge in [0, 0.05) is 13.0 Å². The molecule has 7 nitrogen and oxygen atoms in total. The van der Waals surface area contributed by atoms with Crippen LogP contribution in [0.3, 0.4) is 0 Å². The van der Waals surface area contributed by atoms with Gasteiger partial charge in [-0.3, -0.25) is 9.59 Å². The van der Waals surface area contributed by atoms with Crippen molar-refractivity contribution in [3.05, 3.63) is 64.7 Å². The van der Waals surface area contributed by atoms with E-state index in [9.17, 15) is 9.59 Å². The van der Waals surface area contributed by atoms with Crippen LogP contribution in [-0.4, -0.2) is 40.5 Å². The SMILES string of the molecule is CCOc1ccccc1OCCCC(=O)N(CC)Cc1nc2ccccc2c(=O)[nH]1. The molecule has 3 rings (SSSR count). The molecule has 0 aliphatic heterocycles. The first-order chi connectivity index (χ1) is 14.6. The molecule has 3 aromatic rings. The molecule has 0 unspecified atom stereocenters. The number of para-hydroxylation sites is 3. The third kappa shape index (κ3) is 5.37. The van der Waals surface area contributed by atoms with Crippen molar-refractivity contribution >= 4 is 16.8 Å². The minimum atomic E-state index is -0.194. The maximum Gasteiger partial charge on any atom is 0.258 e. The van der Waals surface area contributed by atoms with Gasteiger partial charge < -0.3 is 19.4 Å². The average molecular weight is 409 g/mol. The molecule has 7 heteroatoms. The predicted molar refractivity (Wildman–Crippen MR) is 116 cm³/mol. The maximum absolute atomic E-state index is 12.6. The van der Waals surface area contributed by atoms with Crippen LogP contribution in [0.15, 0.2) is 53.3 Å². The molecule has 1 N–H and O–H groups in total. The van der Waals surface area contributed by atoms with E-state index in [1.165, 1.54) is 0 Å². The van der Waals surface area contributed by atoms with Gasteiger partial charge in [0.15, 0.2) is 11.5 Å². The second-order valence-corrected chi connectivity index (χ2v) is 6.77. The Labute approximate surface area is 175 Å². The minimum Gasteiger partial charge on any atom is -0.490 e. The van der Waals surface area contributed by atoms with Crippen LogP contribution in [0.5, 0.6) is 11.5 Å². The highest BCUT2D eigenvalue weighted by Crippen LogP contribution is 2.26. The molecule has 1 heterocycles. The lowest BCUT2D eigenvalue weighted by atomic mass is 10.2. The summed E-state index contributed by atoms with van der Waals surface area (Å²) < 4.78 is 11.3. The number of carbonyl (C=O) groups is 1. The lowest BCUT2D eigenvalue weighted by molar-refractivity contribution is -0.131. The molecule has 0 radical (unpaired) electrons. The number of benzene rings is 2. The Bertz CT molecular complexity index is 1050. The number of hydrogen-bond acceptors (Lipinski definition) is 5. The van der Waals surface area contributed by atoms with E-state index in [0.29, 0.717) is 60.8 Å². The van der Waals surface area contributed by atoms with Gasteiger partial charge in [0.2, 0.25) is 5.91 Å². The topological polar surface area (TPSA) is 84.5 Å². The van der Waals surface area contributed by atoms with Crippen molar-refractivity contribution in [1.29, 1.82) is 0 Å². The van der Waals surface area contributed by atoms with Gasteiger partial charge in [-0.1, -0.05) is 24.3 Å². The van der Waals surface area contributed by atoms with Crippen LogP contribution in [0.2, 0.25) is 0 Å². The van der Waals surface area contributed by atoms with Crippen LogP contribution in [0.1, 0.15) is 32.5 Å². The van der Waals surface area contributed by atoms with Gasteiger partial charge in [0.1, 0.15) is 5.82 Å². The molecule has 0 aliphatic carbocycles. The summed E-state index contributed by atoms with van der Waals surface area (Å²) in [6.07, 6.45) is 0.930. The number of hydrogen-bond donors (Lipinski definition) is 1. The highest BCUT2D eigenvalue weighted by Gasteiger charge is 2.14. The lowest BCUT2D eigenvalue weighted by Gasteiger charge is -2.20. The fraction of sp³-hybridized carbons (Fsp3) is 0.348. The monoisotopic (exact) mass is 409 g/mol. The summed E-state index contributed by atoms with van der Waals surface area (Å²) in [4.78, 5) is 33.8. The molecule has 0 spiro atoms. The van der Waals surface area contributed by atoms with Crippen LogP contribution in [0, 0.1) is 0 Å². The third-order valence-electron chi connectivity index (χ3n) is 4.68. The summed E-state index contributed by atoms with van der Waals surface area (Å²) >= 11 is 0. The number of H-pyrrole nitrogens is 1. The van der Waals surface area contributed by atoms with E-state index >= 15 is 0 Å². The normalized spacial score (nSPS) is 10.7. The van der Waals surface area contributed by atoms with Gasteiger partial charge >= 0.3 is 0 Å². The van der Waals surface area contributed by atoms with Gasteiger partial charge in [0.25, 0.3) is 5.56 Å². The Morgan fingerprint density at radius 3 is 2.47 bits per heavy atom. The Balaban J connectivity index is 1.55. The first kappa shape index (κ1) is 21.4. The summed E-state index contributed by atoms with van der Waals surface area (Å²) in [6, 6.07) is 14.7. The molecule has 1 aromatic heterocycles. The van der Waals surface area contributed by atoms with E-state index in [-0.39, 0.29) is 18.0 Å². The summed E-state index contributed by atoms with van der Waals surface area (Å²) in [5.74, 6) is 1.86. The van der Waals surface area contributed by atoms with Crippen molar-refractivity contribution in [2.24, 2.45) is 0 Å². The van der Waals surface area contributed by atoms with E-state index in [2.05, 4.69) is 9.97 Å². The van der Waals surface area contributed by atoms with E-state index in [4.69, 9.17) is 9.47 Å². The van der Waals surface area contributed by atoms with Crippen LogP contribution in [-0.2, 0) is 11.3 Å². The number of nitrogens with zero attached hydrogens (tertiary/aromatic N) is 2. The number of aromatic nitrogens is 2. The number of carbonyl (C=O) groups excluding carboxylic acids is 1. The molecule has 30 heavy (non-hydrogen) atoms. The number of ether oxygens (including phenoxy) is 2. The van der Waals surface area contributed by atoms with Crippen LogP contribution < -0.4 is 15.0 Å². The smallest absolute Gasteiger partial charge is 0.258 e. The number of nitrogens with one attached hydrogen (secondary N) is 1. The van der Waals surface area contributed by atoms with Crippen LogP contribution in [0.4, 0.5) is 0 Å². The Morgan fingerprint density at radius 1 is 1.03 bits per heavy atom. The highest BCUT2D eigenvalue weighted by molar-refractivity contribution is 5.77. The molecule has 0 saturated heterocycles. The molecule has 158 valence electrons. The quantitative estimate of drug-likeness (QED) is 0.518. The fourth-order valence-corrected chi connectivity index (χ4v) is 3.17. The molecule has 2 aromatic carbocycles. The number of aromatic amines is 1. The first-order valence-electron chi connectivity index (χ1n) is 10.2. The molecule has 0 atom stereocenters. The molecule has 0 fully saturated rings. The van der Waals surface area contributed by atoms with Crippen molar-refractivity contribution in [1.82, 2.24) is 14.9 Å². The summed E-state index contributed by atoms with van der Waals surface area (Å²) in [5, 5.41) is 0.542. The average Bonchev–Trinajstić information content (AvgIpc) is 2.76. The van der Waals surface area contributed by atoms with E-state index in [1.54, 1.807) is 23.1 Å². The van der Waals surface area contributed by atoms with E-state index in [1.807, 2.05) is 44.2 Å². The zero-order valence-electron chi connectivity index (χ0n) is 17.4. The van der Waals surface area contributed by atoms with Crippen molar-refractivity contribution in [2.75, 3.05) is 19.8 Å². The summed E-state index contributed by atoms with van der Waals surface area (Å²) in [5.41, 5.74) is 0.432. The van der Waals surface area contributed by atoms with Gasteiger partial charge in [0.05, 0.1) is 30.7 Å². The van der Waals surface area contributed by atoms with Crippen molar-refractivity contribution in [3.8, 4) is 11.5 Å². The molecule has 0 bridgehead atoms. The second-order valence-electron chi connectivity index (χ2n) is 6.77. The number of fused-ring (bicyclic) bond motifs is 1. The molecule has 0 saturated carbocycles. The molecular weight excluding hydrogens is 382 g/mol. The molecule has 1 amide bonds. The second kappa shape index (κ2) is 10.4. The zero-order valence-corrected chi connectivity index (χ0v) is 17.4. The summed E-state index contributed by atoms with van der Waals surface area (Å²) in [6.45, 7) is 5.61. The largest absolute Gasteiger partial charge is 0.490 e. The Morgan fingerprint density at radius 2 is 1.73 bits per heavy atom.